The SMILES string of the molecule is CCC(=O)N1CCC(Oc2ncnc3c2nc(-c2ccc(C)nc2)n3C)C1.CCC(=O)N1CC[C@H](O)C1.CNc1ncnc(Cl)c1N.Cc1ccc(C=O)cn1.[CH3-].[Cl][Fe]([Cl])[Cl]. The summed E-state index contributed by atoms with van der Waals surface area (Å²) in [5.74, 6) is 2.08. The van der Waals surface area contributed by atoms with Gasteiger partial charge in [-0.1, -0.05) is 25.4 Å². The first-order chi connectivity index (χ1) is 28.6. The Morgan fingerprint density at radius 1 is 0.918 bits per heavy atom. The van der Waals surface area contributed by atoms with Crippen LogP contribution in [0.5, 0.6) is 5.88 Å². The number of aromatic nitrogens is 8. The number of β-amino-alcohol motifs (C(OH)–C–C–N with tert-alkyl or cyclic N) is 1. The molecule has 7 heterocycles. The first kappa shape index (κ1) is 52.7. The van der Waals surface area contributed by atoms with E-state index in [0.717, 1.165) is 48.4 Å². The Kier molecular flexibility index (Phi) is 23.2. The molecule has 5 aromatic rings. The van der Waals surface area contributed by atoms with Gasteiger partial charge in [0.15, 0.2) is 28.4 Å². The minimum atomic E-state index is -1.33. The summed E-state index contributed by atoms with van der Waals surface area (Å²) in [7, 11) is 18.3. The molecule has 335 valence electrons. The van der Waals surface area contributed by atoms with Crippen LogP contribution in [0.4, 0.5) is 11.5 Å². The zero-order valence-corrected chi connectivity index (χ0v) is 39.1. The van der Waals surface area contributed by atoms with Crippen molar-refractivity contribution in [1.82, 2.24) is 49.3 Å². The van der Waals surface area contributed by atoms with E-state index in [2.05, 4.69) is 35.2 Å². The number of aliphatic hydroxyl groups excluding tert-OH is 1. The van der Waals surface area contributed by atoms with Crippen LogP contribution in [-0.2, 0) is 27.8 Å². The Morgan fingerprint density at radius 3 is 2.02 bits per heavy atom. The van der Waals surface area contributed by atoms with Crippen molar-refractivity contribution < 1.29 is 35.4 Å². The number of nitrogen functional groups attached to an aromatic ring is 1. The van der Waals surface area contributed by atoms with Gasteiger partial charge in [0.05, 0.1) is 12.6 Å². The van der Waals surface area contributed by atoms with Gasteiger partial charge in [0.2, 0.25) is 17.7 Å². The van der Waals surface area contributed by atoms with Crippen LogP contribution in [0.15, 0.2) is 49.3 Å². The van der Waals surface area contributed by atoms with Crippen LogP contribution in [0.3, 0.4) is 0 Å². The molecule has 5 aromatic heterocycles. The van der Waals surface area contributed by atoms with Crippen molar-refractivity contribution in [3.8, 4) is 17.3 Å². The van der Waals surface area contributed by atoms with Crippen molar-refractivity contribution >= 4 is 82.7 Å². The summed E-state index contributed by atoms with van der Waals surface area (Å²) in [6, 6.07) is 7.50. The number of hydrogen-bond donors (Lipinski definition) is 3. The van der Waals surface area contributed by atoms with E-state index < -0.39 is 11.2 Å². The number of hydrogen-bond acceptors (Lipinski definition) is 14. The fraction of sp³-hybridized carbons (Fsp3) is 0.410. The predicted octanol–water partition coefficient (Wildman–Crippen LogP) is 6.59. The summed E-state index contributed by atoms with van der Waals surface area (Å²) < 4.78 is 8.01. The number of aldehydes is 1. The molecule has 0 aliphatic carbocycles. The quantitative estimate of drug-likeness (QED) is 0.0679. The Labute approximate surface area is 378 Å². The number of carbonyl (C=O) groups is 3. The number of halogens is 4. The van der Waals surface area contributed by atoms with Crippen molar-refractivity contribution in [3.63, 3.8) is 0 Å². The first-order valence-corrected chi connectivity index (χ1v) is 23.5. The number of fused-ring (bicyclic) bond motifs is 1. The summed E-state index contributed by atoms with van der Waals surface area (Å²) in [6.45, 7) is 10.1. The van der Waals surface area contributed by atoms with Gasteiger partial charge in [0.1, 0.15) is 30.3 Å². The molecule has 1 unspecified atom stereocenters. The molecule has 0 saturated carbocycles. The van der Waals surface area contributed by atoms with Crippen LogP contribution in [-0.4, -0.2) is 118 Å². The van der Waals surface area contributed by atoms with Crippen LogP contribution < -0.4 is 15.8 Å². The van der Waals surface area contributed by atoms with Crippen LogP contribution in [0.1, 0.15) is 61.3 Å². The molecule has 7 rings (SSSR count). The molecule has 61 heavy (non-hydrogen) atoms. The van der Waals surface area contributed by atoms with Gasteiger partial charge in [0.25, 0.3) is 0 Å². The number of likely N-dealkylation sites (tertiary alicyclic amines) is 2. The molecule has 0 radical (unpaired) electrons. The second-order valence-electron chi connectivity index (χ2n) is 13.1. The molecule has 22 heteroatoms. The van der Waals surface area contributed by atoms with Gasteiger partial charge >= 0.3 is 41.5 Å². The summed E-state index contributed by atoms with van der Waals surface area (Å²) in [4.78, 5) is 65.6. The summed E-state index contributed by atoms with van der Waals surface area (Å²) in [5, 5.41) is 12.1. The molecule has 0 aromatic carbocycles. The van der Waals surface area contributed by atoms with Gasteiger partial charge < -0.3 is 42.7 Å². The normalized spacial score (nSPS) is 15.2. The second-order valence-corrected chi connectivity index (χ2v) is 18.9. The molecule has 0 spiro atoms. The van der Waals surface area contributed by atoms with Gasteiger partial charge in [-0.25, -0.2) is 19.9 Å². The number of rotatable bonds is 7. The molecule has 2 amide bonds. The van der Waals surface area contributed by atoms with Gasteiger partial charge in [-0.3, -0.25) is 24.4 Å². The number of nitrogens with one attached hydrogen (secondary N) is 1. The van der Waals surface area contributed by atoms with Gasteiger partial charge in [-0.2, -0.15) is 4.98 Å². The summed E-state index contributed by atoms with van der Waals surface area (Å²) in [5.41, 5.74) is 10.6. The molecule has 2 aliphatic rings. The van der Waals surface area contributed by atoms with Crippen molar-refractivity contribution in [2.24, 2.45) is 7.05 Å². The second kappa shape index (κ2) is 26.8. The van der Waals surface area contributed by atoms with E-state index in [4.69, 9.17) is 62.5 Å². The van der Waals surface area contributed by atoms with E-state index in [1.54, 1.807) is 30.4 Å². The Balaban J connectivity index is 0.000000310. The van der Waals surface area contributed by atoms with Crippen molar-refractivity contribution in [2.75, 3.05) is 44.3 Å². The minimum absolute atomic E-state index is 0. The zero-order valence-electron chi connectivity index (χ0n) is 35.0. The number of carbonyl (C=O) groups excluding carboxylic acids is 3. The van der Waals surface area contributed by atoms with E-state index in [-0.39, 0.29) is 36.6 Å². The van der Waals surface area contributed by atoms with Crippen molar-refractivity contribution in [3.05, 3.63) is 78.8 Å². The maximum absolute atomic E-state index is 11.9. The number of aryl methyl sites for hydroxylation is 3. The Bertz CT molecular complexity index is 2130. The van der Waals surface area contributed by atoms with Crippen LogP contribution in [0, 0.1) is 21.3 Å². The van der Waals surface area contributed by atoms with Crippen LogP contribution >= 0.6 is 41.9 Å². The predicted molar refractivity (Wildman–Crippen MR) is 237 cm³/mol. The van der Waals surface area contributed by atoms with Crippen molar-refractivity contribution in [2.45, 2.75) is 65.6 Å². The third kappa shape index (κ3) is 16.8. The molecular formula is C39H52Cl4FeN12O5-. The number of anilines is 2. The number of aliphatic hydroxyl groups is 1. The number of pyridine rings is 2. The summed E-state index contributed by atoms with van der Waals surface area (Å²) >= 11 is 4.24. The number of nitrogens with zero attached hydrogens (tertiary/aromatic N) is 10. The molecule has 2 aliphatic heterocycles. The van der Waals surface area contributed by atoms with Gasteiger partial charge in [-0.05, 0) is 44.5 Å². The molecule has 17 nitrogen and oxygen atoms in total. The topological polar surface area (TPSA) is 220 Å². The third-order valence-corrected chi connectivity index (χ3v) is 9.13. The number of nitrogens with two attached hydrogens (primary N) is 1. The number of amides is 2. The number of imidazole rings is 1. The molecule has 4 N–H and O–H groups in total. The van der Waals surface area contributed by atoms with Crippen molar-refractivity contribution in [1.29, 1.82) is 0 Å². The third-order valence-electron chi connectivity index (χ3n) is 8.83. The van der Waals surface area contributed by atoms with Crippen LogP contribution in [0.25, 0.3) is 22.6 Å². The van der Waals surface area contributed by atoms with E-state index in [1.165, 1.54) is 12.7 Å². The van der Waals surface area contributed by atoms with Crippen LogP contribution in [0.2, 0.25) is 5.15 Å². The van der Waals surface area contributed by atoms with E-state index in [1.807, 2.05) is 62.4 Å². The fourth-order valence-corrected chi connectivity index (χ4v) is 5.80. The first-order valence-electron chi connectivity index (χ1n) is 18.6. The maximum atomic E-state index is 11.9. The van der Waals surface area contributed by atoms with Gasteiger partial charge in [0, 0.05) is 87.9 Å². The van der Waals surface area contributed by atoms with E-state index in [9.17, 15) is 14.4 Å². The number of ether oxygens (including phenoxy) is 1. The average molecular weight is 967 g/mol. The summed E-state index contributed by atoms with van der Waals surface area (Å²) in [6.07, 6.45) is 9.21. The van der Waals surface area contributed by atoms with E-state index >= 15 is 0 Å². The molecule has 2 saturated heterocycles. The Morgan fingerprint density at radius 2 is 1.51 bits per heavy atom. The Hall–Kier alpha value is -4.42. The molecule has 0 bridgehead atoms. The molecule has 2 atom stereocenters. The van der Waals surface area contributed by atoms with E-state index in [0.29, 0.717) is 66.6 Å². The van der Waals surface area contributed by atoms with Gasteiger partial charge in [-0.15, -0.1) is 0 Å². The fourth-order valence-electron chi connectivity index (χ4n) is 5.67. The molecular weight excluding hydrogens is 914 g/mol. The zero-order chi connectivity index (χ0) is 44.4. The standard InChI is InChI=1S/C19H22N6O2.C7H13NO2.C7H7NO.C5H7ClN4.CH3.3ClH.Fe/c1-4-15(26)25-8-7-14(10-25)27-19-16-18(21-11-22-19)24(3)17(23-16)13-6-5-12(2)20-9-13;1-2-7(10)8-4-3-6(9)5-8;1-6-2-3-7(5-9)4-8-6;1-8-5-3(7)4(6)9-2-10-5;;;;;/h5-6,9,11,14H,4,7-8,10H2,1-3H3;6,9H,2-5H2,1H3;2-5H,1H3;2H,7H2,1H3,(H,8,9,10);1H3;3*1H;/q;;;;-1;;;;+3/p-3/t;6-;;;;;;;/m.0......./s1. The monoisotopic (exact) mass is 964 g/mol. The molecule has 2 fully saturated rings. The average Bonchev–Trinajstić information content (AvgIpc) is 3.99.